The van der Waals surface area contributed by atoms with Crippen molar-refractivity contribution >= 4 is 27.5 Å². The van der Waals surface area contributed by atoms with Crippen LogP contribution in [0.3, 0.4) is 0 Å². The molecule has 0 bridgehead atoms. The Hall–Kier alpha value is -1.03. The van der Waals surface area contributed by atoms with Crippen LogP contribution in [0.2, 0.25) is 0 Å². The monoisotopic (exact) mass is 271 g/mol. The molecule has 1 amide bonds. The molecule has 0 saturated heterocycles. The van der Waals surface area contributed by atoms with Crippen LogP contribution >= 0.6 is 15.9 Å². The second kappa shape index (κ2) is 5.75. The van der Waals surface area contributed by atoms with Gasteiger partial charge >= 0.3 is 0 Å². The summed E-state index contributed by atoms with van der Waals surface area (Å²) < 4.78 is 6.08. The van der Waals surface area contributed by atoms with E-state index in [0.717, 1.165) is 10.9 Å². The zero-order valence-electron chi connectivity index (χ0n) is 8.84. The molecule has 3 nitrogen and oxygen atoms in total. The Balaban J connectivity index is 2.80. The lowest BCUT2D eigenvalue weighted by atomic mass is 10.2. The van der Waals surface area contributed by atoms with E-state index in [1.807, 2.05) is 25.1 Å². The number of carbonyl (C=O) groups is 1. The van der Waals surface area contributed by atoms with Crippen LogP contribution < -0.4 is 10.1 Å². The minimum atomic E-state index is 0.0122. The van der Waals surface area contributed by atoms with Gasteiger partial charge in [-0.3, -0.25) is 4.79 Å². The SMILES string of the molecule is CCCC(=O)Nc1ccc(Br)cc1OC. The van der Waals surface area contributed by atoms with E-state index in [1.165, 1.54) is 0 Å². The molecule has 0 saturated carbocycles. The minimum Gasteiger partial charge on any atom is -0.495 e. The Kier molecular flexibility index (Phi) is 4.62. The van der Waals surface area contributed by atoms with Crippen molar-refractivity contribution in [3.63, 3.8) is 0 Å². The molecule has 15 heavy (non-hydrogen) atoms. The first-order valence-corrected chi connectivity index (χ1v) is 5.60. The van der Waals surface area contributed by atoms with E-state index in [9.17, 15) is 4.79 Å². The highest BCUT2D eigenvalue weighted by molar-refractivity contribution is 9.10. The Morgan fingerprint density at radius 2 is 2.27 bits per heavy atom. The molecule has 0 aromatic heterocycles. The van der Waals surface area contributed by atoms with Crippen LogP contribution in [0.5, 0.6) is 5.75 Å². The first kappa shape index (κ1) is 12.0. The fourth-order valence-electron chi connectivity index (χ4n) is 1.21. The van der Waals surface area contributed by atoms with Crippen molar-refractivity contribution in [2.24, 2.45) is 0 Å². The average molecular weight is 272 g/mol. The third-order valence-electron chi connectivity index (χ3n) is 1.91. The van der Waals surface area contributed by atoms with E-state index >= 15 is 0 Å². The van der Waals surface area contributed by atoms with Gasteiger partial charge in [0.15, 0.2) is 0 Å². The molecule has 0 heterocycles. The molecule has 0 fully saturated rings. The van der Waals surface area contributed by atoms with Gasteiger partial charge in [-0.1, -0.05) is 22.9 Å². The van der Waals surface area contributed by atoms with Gasteiger partial charge in [-0.2, -0.15) is 0 Å². The Morgan fingerprint density at radius 1 is 1.53 bits per heavy atom. The summed E-state index contributed by atoms with van der Waals surface area (Å²) in [6.07, 6.45) is 1.36. The number of hydrogen-bond donors (Lipinski definition) is 1. The Labute approximate surface area is 97.9 Å². The van der Waals surface area contributed by atoms with Gasteiger partial charge in [0.2, 0.25) is 5.91 Å². The number of amides is 1. The van der Waals surface area contributed by atoms with Gasteiger partial charge in [-0.05, 0) is 24.6 Å². The highest BCUT2D eigenvalue weighted by Gasteiger charge is 2.06. The normalized spacial score (nSPS) is 9.80. The molecule has 1 aromatic rings. The maximum Gasteiger partial charge on any atom is 0.224 e. The summed E-state index contributed by atoms with van der Waals surface area (Å²) in [7, 11) is 1.58. The zero-order chi connectivity index (χ0) is 11.3. The molecule has 0 aliphatic heterocycles. The molecule has 1 N–H and O–H groups in total. The maximum absolute atomic E-state index is 11.4. The third-order valence-corrected chi connectivity index (χ3v) is 2.41. The van der Waals surface area contributed by atoms with Crippen LogP contribution in [-0.4, -0.2) is 13.0 Å². The largest absolute Gasteiger partial charge is 0.495 e. The molecule has 0 spiro atoms. The summed E-state index contributed by atoms with van der Waals surface area (Å²) in [6, 6.07) is 5.50. The van der Waals surface area contributed by atoms with Crippen LogP contribution in [0.1, 0.15) is 19.8 Å². The molecule has 0 radical (unpaired) electrons. The van der Waals surface area contributed by atoms with Gasteiger partial charge in [0, 0.05) is 10.9 Å². The second-order valence-electron chi connectivity index (χ2n) is 3.14. The van der Waals surface area contributed by atoms with E-state index in [0.29, 0.717) is 17.9 Å². The molecule has 82 valence electrons. The lowest BCUT2D eigenvalue weighted by Gasteiger charge is -2.09. The molecule has 0 aliphatic carbocycles. The average Bonchev–Trinajstić information content (AvgIpc) is 2.21. The lowest BCUT2D eigenvalue weighted by Crippen LogP contribution is -2.11. The molecule has 1 aromatic carbocycles. The Bertz CT molecular complexity index is 352. The van der Waals surface area contributed by atoms with Crippen molar-refractivity contribution in [1.29, 1.82) is 0 Å². The van der Waals surface area contributed by atoms with E-state index in [2.05, 4.69) is 21.2 Å². The summed E-state index contributed by atoms with van der Waals surface area (Å²) in [5.41, 5.74) is 0.708. The molecule has 0 atom stereocenters. The van der Waals surface area contributed by atoms with Gasteiger partial charge in [0.05, 0.1) is 12.8 Å². The van der Waals surface area contributed by atoms with Gasteiger partial charge in [0.25, 0.3) is 0 Å². The first-order valence-electron chi connectivity index (χ1n) is 4.80. The second-order valence-corrected chi connectivity index (χ2v) is 4.06. The van der Waals surface area contributed by atoms with Gasteiger partial charge in [0.1, 0.15) is 5.75 Å². The fraction of sp³-hybridized carbons (Fsp3) is 0.364. The summed E-state index contributed by atoms with van der Waals surface area (Å²) >= 11 is 3.34. The number of anilines is 1. The van der Waals surface area contributed by atoms with Gasteiger partial charge in [-0.15, -0.1) is 0 Å². The quantitative estimate of drug-likeness (QED) is 0.914. The molecular weight excluding hydrogens is 258 g/mol. The number of carbonyl (C=O) groups excluding carboxylic acids is 1. The van der Waals surface area contributed by atoms with Crippen LogP contribution in [0.4, 0.5) is 5.69 Å². The molecule has 0 unspecified atom stereocenters. The number of methoxy groups -OCH3 is 1. The number of halogens is 1. The highest BCUT2D eigenvalue weighted by Crippen LogP contribution is 2.28. The van der Waals surface area contributed by atoms with E-state index in [-0.39, 0.29) is 5.91 Å². The molecule has 1 rings (SSSR count). The number of nitrogens with one attached hydrogen (secondary N) is 1. The minimum absolute atomic E-state index is 0.0122. The Morgan fingerprint density at radius 3 is 2.87 bits per heavy atom. The third kappa shape index (κ3) is 3.55. The van der Waals surface area contributed by atoms with Crippen LogP contribution in [0.25, 0.3) is 0 Å². The van der Waals surface area contributed by atoms with Crippen molar-refractivity contribution in [2.45, 2.75) is 19.8 Å². The number of hydrogen-bond acceptors (Lipinski definition) is 2. The first-order chi connectivity index (χ1) is 7.17. The van der Waals surface area contributed by atoms with Crippen molar-refractivity contribution in [3.8, 4) is 5.75 Å². The maximum atomic E-state index is 11.4. The van der Waals surface area contributed by atoms with Gasteiger partial charge < -0.3 is 10.1 Å². The van der Waals surface area contributed by atoms with Crippen molar-refractivity contribution in [3.05, 3.63) is 22.7 Å². The summed E-state index contributed by atoms with van der Waals surface area (Å²) in [6.45, 7) is 1.97. The molecular formula is C11H14BrNO2. The smallest absolute Gasteiger partial charge is 0.224 e. The van der Waals surface area contributed by atoms with Crippen molar-refractivity contribution in [1.82, 2.24) is 0 Å². The van der Waals surface area contributed by atoms with Crippen molar-refractivity contribution < 1.29 is 9.53 Å². The predicted octanol–water partition coefficient (Wildman–Crippen LogP) is 3.20. The summed E-state index contributed by atoms with van der Waals surface area (Å²) in [5.74, 6) is 0.673. The molecule has 0 aliphatic rings. The zero-order valence-corrected chi connectivity index (χ0v) is 10.4. The number of ether oxygens (including phenoxy) is 1. The van der Waals surface area contributed by atoms with E-state index in [4.69, 9.17) is 4.74 Å². The summed E-state index contributed by atoms with van der Waals surface area (Å²) in [5, 5.41) is 2.80. The predicted molar refractivity (Wildman–Crippen MR) is 64.2 cm³/mol. The highest BCUT2D eigenvalue weighted by atomic mass is 79.9. The summed E-state index contributed by atoms with van der Waals surface area (Å²) in [4.78, 5) is 11.4. The van der Waals surface area contributed by atoms with Crippen LogP contribution in [-0.2, 0) is 4.79 Å². The fourth-order valence-corrected chi connectivity index (χ4v) is 1.55. The number of benzene rings is 1. The van der Waals surface area contributed by atoms with E-state index in [1.54, 1.807) is 7.11 Å². The lowest BCUT2D eigenvalue weighted by molar-refractivity contribution is -0.116. The van der Waals surface area contributed by atoms with Crippen LogP contribution in [0, 0.1) is 0 Å². The number of rotatable bonds is 4. The van der Waals surface area contributed by atoms with E-state index < -0.39 is 0 Å². The van der Waals surface area contributed by atoms with Gasteiger partial charge in [-0.25, -0.2) is 0 Å². The van der Waals surface area contributed by atoms with Crippen molar-refractivity contribution in [2.75, 3.05) is 12.4 Å². The standard InChI is InChI=1S/C11H14BrNO2/c1-3-4-11(14)13-9-6-5-8(12)7-10(9)15-2/h5-7H,3-4H2,1-2H3,(H,13,14). The van der Waals surface area contributed by atoms with Crippen LogP contribution in [0.15, 0.2) is 22.7 Å². The topological polar surface area (TPSA) is 38.3 Å². The molecule has 4 heteroatoms.